The third-order valence-corrected chi connectivity index (χ3v) is 2.17. The van der Waals surface area contributed by atoms with Gasteiger partial charge >= 0.3 is 56.5 Å². The zero-order valence-electron chi connectivity index (χ0n) is 9.38. The van der Waals surface area contributed by atoms with Crippen molar-refractivity contribution in [1.29, 1.82) is 0 Å². The van der Waals surface area contributed by atoms with Crippen LogP contribution in [0, 0.1) is 45.1 Å². The summed E-state index contributed by atoms with van der Waals surface area (Å²) in [6.07, 6.45) is 9.19. The second-order valence-electron chi connectivity index (χ2n) is 2.72. The molecule has 1 fully saturated rings. The van der Waals surface area contributed by atoms with Crippen LogP contribution >= 0.6 is 0 Å². The van der Waals surface area contributed by atoms with Crippen LogP contribution in [0.5, 0.6) is 0 Å². The first kappa shape index (κ1) is 30.3. The molecule has 0 saturated heterocycles. The van der Waals surface area contributed by atoms with Crippen LogP contribution in [-0.4, -0.2) is 0 Å². The summed E-state index contributed by atoms with van der Waals surface area (Å²) in [5, 5.41) is 0. The van der Waals surface area contributed by atoms with E-state index in [1.165, 1.54) is 19.3 Å². The van der Waals surface area contributed by atoms with Crippen molar-refractivity contribution in [2.45, 2.75) is 19.3 Å². The Balaban J connectivity index is -0.0000000451. The summed E-state index contributed by atoms with van der Waals surface area (Å²) in [5.74, 6) is 1.98. The number of rotatable bonds is 0. The molecule has 2 atom stereocenters. The molecule has 0 aromatic rings. The van der Waals surface area contributed by atoms with E-state index < -0.39 is 0 Å². The summed E-state index contributed by atoms with van der Waals surface area (Å²) in [7, 11) is 0. The molecule has 18 heavy (non-hydrogen) atoms. The van der Waals surface area contributed by atoms with Crippen molar-refractivity contribution in [3.63, 3.8) is 0 Å². The summed E-state index contributed by atoms with van der Waals surface area (Å²) in [5.41, 5.74) is 0. The maximum Gasteiger partial charge on any atom is 0 e. The van der Waals surface area contributed by atoms with Crippen molar-refractivity contribution in [2.24, 2.45) is 11.8 Å². The Hall–Kier alpha value is -0.872. The Morgan fingerprint density at radius 3 is 0.889 bits per heavy atom. The van der Waals surface area contributed by atoms with E-state index in [9.17, 15) is 0 Å². The van der Waals surface area contributed by atoms with E-state index in [0.717, 1.165) is 11.8 Å². The van der Waals surface area contributed by atoms with Gasteiger partial charge in [0.25, 0.3) is 0 Å². The molecule has 1 saturated carbocycles. The molecular weight excluding hydrogens is 408 g/mol. The van der Waals surface area contributed by atoms with Gasteiger partial charge in [-0.05, 0) is 31.1 Å². The van der Waals surface area contributed by atoms with Gasteiger partial charge in [0.05, 0.1) is 0 Å². The van der Waals surface area contributed by atoms with E-state index in [1.54, 1.807) is 0 Å². The van der Waals surface area contributed by atoms with Crippen LogP contribution < -0.4 is 0 Å². The maximum atomic E-state index is 7.50. The summed E-state index contributed by atoms with van der Waals surface area (Å²) in [6, 6.07) is 0. The molecule has 0 N–H and O–H groups in total. The summed E-state index contributed by atoms with van der Waals surface area (Å²) >= 11 is 0. The maximum absolute atomic E-state index is 7.50. The quantitative estimate of drug-likeness (QED) is 0.326. The molecule has 0 spiro atoms. The monoisotopic (exact) mass is 418 g/mol. The summed E-state index contributed by atoms with van der Waals surface area (Å²) in [4.78, 5) is 0. The molecule has 0 unspecified atom stereocenters. The van der Waals surface area contributed by atoms with Gasteiger partial charge in [0, 0.05) is 21.1 Å². The number of hydrogen-bond donors (Lipinski definition) is 0. The molecule has 6 heteroatoms. The van der Waals surface area contributed by atoms with Gasteiger partial charge in [-0.3, -0.25) is 0 Å². The van der Waals surface area contributed by atoms with Crippen LogP contribution in [0.15, 0.2) is 12.2 Å². The molecule has 0 heterocycles. The van der Waals surface area contributed by atoms with Crippen LogP contribution in [0.2, 0.25) is 0 Å². The summed E-state index contributed by atoms with van der Waals surface area (Å²) < 4.78 is 37.5. The molecule has 2 aliphatic rings. The Bertz CT molecular complexity index is 228. The average Bonchev–Trinajstić information content (AvgIpc) is 3.15. The predicted octanol–water partition coefficient (Wildman–Crippen LogP) is 1.78. The molecule has 5 nitrogen and oxygen atoms in total. The van der Waals surface area contributed by atoms with Gasteiger partial charge in [-0.1, -0.05) is 12.2 Å². The van der Waals surface area contributed by atoms with Crippen LogP contribution in [0.3, 0.4) is 0 Å². The van der Waals surface area contributed by atoms with Crippen LogP contribution in [0.1, 0.15) is 19.3 Å². The minimum Gasteiger partial charge on any atom is 0 e. The molecule has 0 aromatic heterocycles. The molecule has 2 rings (SSSR count). The van der Waals surface area contributed by atoms with Gasteiger partial charge in [-0.2, -0.15) is 0 Å². The number of fused-ring (bicyclic) bond motifs is 2. The van der Waals surface area contributed by atoms with Gasteiger partial charge in [-0.15, -0.1) is 0 Å². The fraction of sp³-hybridized carbons (Fsp3) is 0.417. The third kappa shape index (κ3) is 17.5. The van der Waals surface area contributed by atoms with Crippen molar-refractivity contribution >= 4 is 0 Å². The van der Waals surface area contributed by atoms with E-state index in [4.69, 9.17) is 23.3 Å². The third-order valence-electron chi connectivity index (χ3n) is 2.17. The standard InChI is InChI=1S/C7H10.5CO.W/c1-2-7-4-3-6(1)5-7;5*1-2;/h1-2,6-7H,3-5H2;;;;;;/t6-,7+;;;;;;. The van der Waals surface area contributed by atoms with E-state index in [2.05, 4.69) is 45.4 Å². The first-order valence-corrected chi connectivity index (χ1v) is 4.15. The van der Waals surface area contributed by atoms with Crippen molar-refractivity contribution in [1.82, 2.24) is 0 Å². The molecule has 94 valence electrons. The first-order valence-electron chi connectivity index (χ1n) is 4.15. The first-order chi connectivity index (χ1) is 8.45. The number of hydrogen-bond acceptors (Lipinski definition) is 0. The fourth-order valence-electron chi connectivity index (χ4n) is 1.72. The van der Waals surface area contributed by atoms with Crippen molar-refractivity contribution in [2.75, 3.05) is 0 Å². The Kier molecular flexibility index (Phi) is 60.6. The fourth-order valence-corrected chi connectivity index (χ4v) is 1.72. The normalized spacial score (nSPS) is 18.3. The topological polar surface area (TPSA) is 99.5 Å². The molecule has 2 bridgehead atoms. The molecule has 0 radical (unpaired) electrons. The van der Waals surface area contributed by atoms with Crippen LogP contribution in [-0.2, 0) is 44.3 Å². The predicted molar refractivity (Wildman–Crippen MR) is 49.6 cm³/mol. The Morgan fingerprint density at radius 1 is 0.611 bits per heavy atom. The zero-order valence-corrected chi connectivity index (χ0v) is 12.3. The van der Waals surface area contributed by atoms with E-state index in [-0.39, 0.29) is 21.1 Å². The van der Waals surface area contributed by atoms with Gasteiger partial charge in [0.2, 0.25) is 0 Å². The van der Waals surface area contributed by atoms with Gasteiger partial charge in [0.15, 0.2) is 0 Å². The number of allylic oxidation sites excluding steroid dienone is 2. The second kappa shape index (κ2) is 36.0. The van der Waals surface area contributed by atoms with Crippen molar-refractivity contribution in [3.8, 4) is 0 Å². The van der Waals surface area contributed by atoms with E-state index >= 15 is 0 Å². The van der Waals surface area contributed by atoms with E-state index in [1.807, 2.05) is 0 Å². The largest absolute Gasteiger partial charge is 0 e. The van der Waals surface area contributed by atoms with Crippen molar-refractivity contribution in [3.05, 3.63) is 45.4 Å². The smallest absolute Gasteiger partial charge is 0 e. The summed E-state index contributed by atoms with van der Waals surface area (Å²) in [6.45, 7) is 22.5. The van der Waals surface area contributed by atoms with Crippen LogP contribution in [0.4, 0.5) is 0 Å². The molecule has 2 aliphatic carbocycles. The minimum absolute atomic E-state index is 0. The average molecular weight is 418 g/mol. The van der Waals surface area contributed by atoms with Crippen LogP contribution in [0.25, 0.3) is 0 Å². The van der Waals surface area contributed by atoms with Gasteiger partial charge < -0.3 is 0 Å². The molecular formula is C12H10O5W. The van der Waals surface area contributed by atoms with E-state index in [0.29, 0.717) is 0 Å². The SMILES string of the molecule is C1=C[C@H]2CC[C@@H]1C2.[C-]#[O+].[C-]#[O+].[C-]#[O+].[C-]#[O+].[C-]#[O+].[W]. The zero-order chi connectivity index (χ0) is 14.7. The Morgan fingerprint density at radius 2 is 0.833 bits per heavy atom. The van der Waals surface area contributed by atoms with Crippen molar-refractivity contribution < 1.29 is 44.3 Å². The minimum atomic E-state index is 0. The van der Waals surface area contributed by atoms with Gasteiger partial charge in [0.1, 0.15) is 0 Å². The Labute approximate surface area is 121 Å². The second-order valence-corrected chi connectivity index (χ2v) is 2.72. The molecule has 0 aromatic carbocycles. The van der Waals surface area contributed by atoms with Gasteiger partial charge in [-0.25, -0.2) is 0 Å². The molecule has 0 aliphatic heterocycles. The molecule has 0 amide bonds.